The number of hydrogen-bond donors (Lipinski definition) is 1. The topological polar surface area (TPSA) is 69.7 Å². The molecule has 1 amide bonds. The first-order valence-electron chi connectivity index (χ1n) is 9.40. The maximum atomic E-state index is 12.9. The molecular weight excluding hydrogens is 419 g/mol. The highest BCUT2D eigenvalue weighted by molar-refractivity contribution is 7.90. The van der Waals surface area contributed by atoms with Crippen molar-refractivity contribution in [1.29, 1.82) is 0 Å². The summed E-state index contributed by atoms with van der Waals surface area (Å²) < 4.78 is 65.1. The van der Waals surface area contributed by atoms with Gasteiger partial charge in [-0.05, 0) is 30.3 Å². The van der Waals surface area contributed by atoms with Crippen molar-refractivity contribution in [2.24, 2.45) is 0 Å². The summed E-state index contributed by atoms with van der Waals surface area (Å²) in [6.45, 7) is 2.53. The predicted molar refractivity (Wildman–Crippen MR) is 106 cm³/mol. The molecule has 2 aromatic rings. The number of nitrogens with zero attached hydrogens (tertiary/aromatic N) is 2. The van der Waals surface area contributed by atoms with Gasteiger partial charge in [0.15, 0.2) is 0 Å². The van der Waals surface area contributed by atoms with Gasteiger partial charge in [0.05, 0.1) is 10.5 Å². The number of piperazine rings is 1. The summed E-state index contributed by atoms with van der Waals surface area (Å²) in [4.78, 5) is 15.9. The zero-order valence-electron chi connectivity index (χ0n) is 16.1. The number of amides is 1. The molecule has 0 saturated carbocycles. The Morgan fingerprint density at radius 1 is 0.967 bits per heavy atom. The molecule has 3 rings (SSSR count). The number of rotatable bonds is 6. The quantitative estimate of drug-likeness (QED) is 0.747. The fraction of sp³-hybridized carbons (Fsp3) is 0.350. The lowest BCUT2D eigenvalue weighted by Gasteiger charge is -2.36. The van der Waals surface area contributed by atoms with Crippen LogP contribution >= 0.6 is 0 Å². The van der Waals surface area contributed by atoms with Crippen LogP contribution in [0.2, 0.25) is 0 Å². The Morgan fingerprint density at radius 2 is 1.63 bits per heavy atom. The highest BCUT2D eigenvalue weighted by Crippen LogP contribution is 2.31. The zero-order chi connectivity index (χ0) is 21.8. The van der Waals surface area contributed by atoms with Crippen molar-refractivity contribution in [2.45, 2.75) is 17.5 Å². The van der Waals surface area contributed by atoms with Gasteiger partial charge in [0.2, 0.25) is 5.91 Å². The summed E-state index contributed by atoms with van der Waals surface area (Å²) in [7, 11) is -3.89. The summed E-state index contributed by atoms with van der Waals surface area (Å²) in [5.41, 5.74) is -0.171. The Morgan fingerprint density at radius 3 is 2.27 bits per heavy atom. The van der Waals surface area contributed by atoms with Crippen LogP contribution in [0.5, 0.6) is 0 Å². The van der Waals surface area contributed by atoms with Crippen molar-refractivity contribution in [1.82, 2.24) is 9.62 Å². The Bertz CT molecular complexity index is 974. The van der Waals surface area contributed by atoms with Crippen molar-refractivity contribution in [2.75, 3.05) is 37.6 Å². The highest BCUT2D eigenvalue weighted by Gasteiger charge is 2.31. The first kappa shape index (κ1) is 22.1. The lowest BCUT2D eigenvalue weighted by molar-refractivity contribution is -0.137. The number of carbonyl (C=O) groups excluding carboxylic acids is 1. The van der Waals surface area contributed by atoms with Gasteiger partial charge in [-0.2, -0.15) is 13.2 Å². The number of halogens is 3. The largest absolute Gasteiger partial charge is 0.416 e. The third kappa shape index (κ3) is 5.73. The van der Waals surface area contributed by atoms with Crippen molar-refractivity contribution in [3.8, 4) is 0 Å². The standard InChI is InChI=1S/C20H22F3N3O3S/c21-20(22,23)16-5-4-6-17(15-16)26-13-11-25(12-14-26)10-9-19(27)24-30(28,29)18-7-2-1-3-8-18/h1-8,15H,9-14H2,(H,24,27). The van der Waals surface area contributed by atoms with Crippen LogP contribution in [-0.4, -0.2) is 51.9 Å². The zero-order valence-corrected chi connectivity index (χ0v) is 16.9. The normalized spacial score (nSPS) is 15.8. The highest BCUT2D eigenvalue weighted by atomic mass is 32.2. The van der Waals surface area contributed by atoms with Gasteiger partial charge < -0.3 is 4.90 Å². The Kier molecular flexibility index (Phi) is 6.67. The van der Waals surface area contributed by atoms with E-state index >= 15 is 0 Å². The van der Waals surface area contributed by atoms with Gasteiger partial charge in [-0.15, -0.1) is 0 Å². The third-order valence-electron chi connectivity index (χ3n) is 4.87. The van der Waals surface area contributed by atoms with Gasteiger partial charge in [-0.25, -0.2) is 13.1 Å². The molecule has 2 aromatic carbocycles. The minimum atomic E-state index is -4.38. The maximum absolute atomic E-state index is 12.9. The van der Waals surface area contributed by atoms with Crippen molar-refractivity contribution < 1.29 is 26.4 Å². The smallest absolute Gasteiger partial charge is 0.369 e. The molecule has 10 heteroatoms. The first-order valence-corrected chi connectivity index (χ1v) is 10.9. The second-order valence-corrected chi connectivity index (χ2v) is 8.65. The summed E-state index contributed by atoms with van der Waals surface area (Å²) in [6, 6.07) is 12.9. The van der Waals surface area contributed by atoms with Crippen LogP contribution in [0.15, 0.2) is 59.5 Å². The van der Waals surface area contributed by atoms with E-state index in [0.29, 0.717) is 38.4 Å². The van der Waals surface area contributed by atoms with Crippen LogP contribution in [0.1, 0.15) is 12.0 Å². The van der Waals surface area contributed by atoms with E-state index in [0.717, 1.165) is 12.1 Å². The minimum Gasteiger partial charge on any atom is -0.369 e. The van der Waals surface area contributed by atoms with E-state index in [2.05, 4.69) is 4.72 Å². The van der Waals surface area contributed by atoms with Gasteiger partial charge in [0.1, 0.15) is 0 Å². The van der Waals surface area contributed by atoms with Gasteiger partial charge in [0, 0.05) is 44.8 Å². The average molecular weight is 441 g/mol. The molecule has 30 heavy (non-hydrogen) atoms. The molecule has 1 aliphatic rings. The molecular formula is C20H22F3N3O3S. The number of carbonyl (C=O) groups is 1. The summed E-state index contributed by atoms with van der Waals surface area (Å²) in [5.74, 6) is -0.598. The number of sulfonamides is 1. The molecule has 1 saturated heterocycles. The second-order valence-electron chi connectivity index (χ2n) is 6.97. The molecule has 0 atom stereocenters. The number of hydrogen-bond acceptors (Lipinski definition) is 5. The second kappa shape index (κ2) is 9.05. The van der Waals surface area contributed by atoms with Crippen molar-refractivity contribution in [3.05, 3.63) is 60.2 Å². The first-order chi connectivity index (χ1) is 14.1. The SMILES string of the molecule is O=C(CCN1CCN(c2cccc(C(F)(F)F)c2)CC1)NS(=O)(=O)c1ccccc1. The van der Waals surface area contributed by atoms with Crippen LogP contribution in [-0.2, 0) is 21.0 Å². The van der Waals surface area contributed by atoms with Gasteiger partial charge in [0.25, 0.3) is 10.0 Å². The van der Waals surface area contributed by atoms with E-state index in [4.69, 9.17) is 0 Å². The minimum absolute atomic E-state index is 0.00955. The molecule has 0 radical (unpaired) electrons. The molecule has 0 aromatic heterocycles. The molecule has 162 valence electrons. The summed E-state index contributed by atoms with van der Waals surface area (Å²) in [5, 5.41) is 0. The van der Waals surface area contributed by atoms with Crippen LogP contribution in [0.25, 0.3) is 0 Å². The predicted octanol–water partition coefficient (Wildman–Crippen LogP) is 2.72. The van der Waals surface area contributed by atoms with Gasteiger partial charge in [-0.3, -0.25) is 9.69 Å². The molecule has 0 bridgehead atoms. The molecule has 1 aliphatic heterocycles. The number of anilines is 1. The molecule has 6 nitrogen and oxygen atoms in total. The fourth-order valence-electron chi connectivity index (χ4n) is 3.23. The lowest BCUT2D eigenvalue weighted by Crippen LogP contribution is -2.47. The number of alkyl halides is 3. The van der Waals surface area contributed by atoms with Crippen LogP contribution < -0.4 is 9.62 Å². The fourth-order valence-corrected chi connectivity index (χ4v) is 4.26. The Balaban J connectivity index is 1.48. The van der Waals surface area contributed by atoms with Gasteiger partial charge in [-0.1, -0.05) is 24.3 Å². The Labute approximate surface area is 173 Å². The average Bonchev–Trinajstić information content (AvgIpc) is 2.72. The van der Waals surface area contributed by atoms with Crippen molar-refractivity contribution >= 4 is 21.6 Å². The summed E-state index contributed by atoms with van der Waals surface area (Å²) >= 11 is 0. The van der Waals surface area contributed by atoms with E-state index in [-0.39, 0.29) is 11.3 Å². The molecule has 1 fully saturated rings. The van der Waals surface area contributed by atoms with E-state index in [1.54, 1.807) is 24.3 Å². The monoisotopic (exact) mass is 441 g/mol. The molecule has 0 aliphatic carbocycles. The van der Waals surface area contributed by atoms with E-state index < -0.39 is 27.7 Å². The van der Waals surface area contributed by atoms with E-state index in [1.165, 1.54) is 18.2 Å². The molecule has 0 unspecified atom stereocenters. The van der Waals surface area contributed by atoms with Gasteiger partial charge >= 0.3 is 6.18 Å². The lowest BCUT2D eigenvalue weighted by atomic mass is 10.1. The molecule has 1 N–H and O–H groups in total. The van der Waals surface area contributed by atoms with E-state index in [1.807, 2.05) is 9.80 Å². The number of nitrogens with one attached hydrogen (secondary N) is 1. The third-order valence-corrected chi connectivity index (χ3v) is 6.26. The number of benzene rings is 2. The van der Waals surface area contributed by atoms with Crippen LogP contribution in [0, 0.1) is 0 Å². The molecule has 0 spiro atoms. The molecule has 1 heterocycles. The van der Waals surface area contributed by atoms with E-state index in [9.17, 15) is 26.4 Å². The maximum Gasteiger partial charge on any atom is 0.416 e. The Hall–Kier alpha value is -2.59. The van der Waals surface area contributed by atoms with Crippen molar-refractivity contribution in [3.63, 3.8) is 0 Å². The van der Waals surface area contributed by atoms with Crippen LogP contribution in [0.3, 0.4) is 0 Å². The van der Waals surface area contributed by atoms with Crippen LogP contribution in [0.4, 0.5) is 18.9 Å². The summed E-state index contributed by atoms with van der Waals surface area (Å²) in [6.07, 6.45) is -4.37.